The minimum Gasteiger partial charge on any atom is -0.356 e. The molecule has 0 radical (unpaired) electrons. The number of rotatable bonds is 4. The Kier molecular flexibility index (Phi) is 4.72. The molecule has 8 nitrogen and oxygen atoms in total. The van der Waals surface area contributed by atoms with E-state index in [0.717, 1.165) is 16.0 Å². The summed E-state index contributed by atoms with van der Waals surface area (Å²) in [4.78, 5) is 36.5. The molecular weight excluding hydrogens is 402 g/mol. The number of hydrogen-bond acceptors (Lipinski definition) is 7. The van der Waals surface area contributed by atoms with Crippen LogP contribution in [0.15, 0.2) is 53.2 Å². The van der Waals surface area contributed by atoms with Gasteiger partial charge in [0.2, 0.25) is 5.91 Å². The second kappa shape index (κ2) is 7.68. The van der Waals surface area contributed by atoms with Crippen molar-refractivity contribution in [1.82, 2.24) is 20.0 Å². The van der Waals surface area contributed by atoms with E-state index in [9.17, 15) is 9.59 Å². The lowest BCUT2D eigenvalue weighted by Crippen LogP contribution is -2.36. The number of benzene rings is 1. The molecule has 0 fully saturated rings. The summed E-state index contributed by atoms with van der Waals surface area (Å²) in [7, 11) is 0. The Morgan fingerprint density at radius 2 is 2.03 bits per heavy atom. The Morgan fingerprint density at radius 3 is 2.90 bits per heavy atom. The molecule has 1 N–H and O–H groups in total. The molecule has 9 heteroatoms. The first-order valence-corrected chi connectivity index (χ1v) is 10.3. The van der Waals surface area contributed by atoms with Crippen LogP contribution in [-0.4, -0.2) is 38.4 Å². The number of aromatic nitrogens is 3. The summed E-state index contributed by atoms with van der Waals surface area (Å²) in [6.07, 6.45) is 2.41. The largest absolute Gasteiger partial charge is 0.356 e. The summed E-state index contributed by atoms with van der Waals surface area (Å²) in [6.45, 7) is 1.06. The molecule has 5 rings (SSSR count). The minimum atomic E-state index is -0.299. The molecule has 1 aliphatic heterocycles. The lowest BCUT2D eigenvalue weighted by Gasteiger charge is -2.25. The molecule has 4 aromatic rings. The molecule has 150 valence electrons. The van der Waals surface area contributed by atoms with E-state index in [-0.39, 0.29) is 18.2 Å². The van der Waals surface area contributed by atoms with Crippen molar-refractivity contribution in [3.8, 4) is 0 Å². The van der Waals surface area contributed by atoms with Crippen LogP contribution in [0.2, 0.25) is 0 Å². The first kappa shape index (κ1) is 18.4. The summed E-state index contributed by atoms with van der Waals surface area (Å²) in [5.41, 5.74) is 2.58. The number of amides is 2. The van der Waals surface area contributed by atoms with E-state index in [1.54, 1.807) is 29.3 Å². The molecule has 30 heavy (non-hydrogen) atoms. The predicted molar refractivity (Wildman–Crippen MR) is 111 cm³/mol. The zero-order valence-electron chi connectivity index (χ0n) is 15.9. The van der Waals surface area contributed by atoms with E-state index in [4.69, 9.17) is 4.52 Å². The third-order valence-electron chi connectivity index (χ3n) is 4.97. The number of nitrogens with one attached hydrogen (secondary N) is 1. The average molecular weight is 419 g/mol. The number of hydrogen-bond donors (Lipinski definition) is 1. The fraction of sp³-hybridized carbons (Fsp3) is 0.190. The second-order valence-electron chi connectivity index (χ2n) is 6.93. The van der Waals surface area contributed by atoms with Gasteiger partial charge in [-0.1, -0.05) is 34.7 Å². The van der Waals surface area contributed by atoms with Gasteiger partial charge < -0.3 is 9.42 Å². The third kappa shape index (κ3) is 3.55. The smallest absolute Gasteiger partial charge is 0.276 e. The summed E-state index contributed by atoms with van der Waals surface area (Å²) < 4.78 is 5.30. The first-order valence-electron chi connectivity index (χ1n) is 9.49. The highest BCUT2D eigenvalue weighted by molar-refractivity contribution is 7.15. The van der Waals surface area contributed by atoms with Gasteiger partial charge in [-0.2, -0.15) is 0 Å². The molecule has 0 bridgehead atoms. The first-order chi connectivity index (χ1) is 14.7. The number of pyridine rings is 1. The maximum absolute atomic E-state index is 12.8. The normalized spacial score (nSPS) is 13.3. The Bertz CT molecular complexity index is 1230. The maximum atomic E-state index is 12.8. The SMILES string of the molecule is O=C(Nc1nc2c(s1)CN(C(=O)Cc1noc3ccccc13)CC2)c1ccccn1. The minimum absolute atomic E-state index is 0.00725. The monoisotopic (exact) mass is 419 g/mol. The number of carbonyl (C=O) groups is 2. The zero-order valence-corrected chi connectivity index (χ0v) is 16.7. The van der Waals surface area contributed by atoms with E-state index in [2.05, 4.69) is 20.4 Å². The van der Waals surface area contributed by atoms with E-state index >= 15 is 0 Å². The van der Waals surface area contributed by atoms with Crippen LogP contribution in [0.5, 0.6) is 0 Å². The van der Waals surface area contributed by atoms with Crippen molar-refractivity contribution in [2.75, 3.05) is 11.9 Å². The van der Waals surface area contributed by atoms with Crippen molar-refractivity contribution >= 4 is 39.3 Å². The van der Waals surface area contributed by atoms with E-state index in [1.807, 2.05) is 24.3 Å². The van der Waals surface area contributed by atoms with Gasteiger partial charge in [0.05, 0.1) is 18.7 Å². The Morgan fingerprint density at radius 1 is 1.17 bits per heavy atom. The standard InChI is InChI=1S/C21H17N5O3S/c27-19(11-16-13-5-1-2-7-17(13)29-25-16)26-10-8-14-18(12-26)30-21(23-14)24-20(28)15-6-3-4-9-22-15/h1-7,9H,8,10-12H2,(H,23,24,28). The lowest BCUT2D eigenvalue weighted by atomic mass is 10.1. The Hall–Kier alpha value is -3.59. The fourth-order valence-electron chi connectivity index (χ4n) is 3.44. The molecule has 0 aliphatic carbocycles. The molecule has 0 saturated heterocycles. The van der Waals surface area contributed by atoms with Crippen molar-refractivity contribution in [2.45, 2.75) is 19.4 Å². The molecule has 3 aromatic heterocycles. The Labute approximate surface area is 175 Å². The van der Waals surface area contributed by atoms with Gasteiger partial charge in [-0.05, 0) is 24.3 Å². The Balaban J connectivity index is 1.27. The van der Waals surface area contributed by atoms with E-state index in [0.29, 0.717) is 41.6 Å². The van der Waals surface area contributed by atoms with Crippen LogP contribution >= 0.6 is 11.3 Å². The quantitative estimate of drug-likeness (QED) is 0.546. The molecular formula is C21H17N5O3S. The molecule has 1 aromatic carbocycles. The molecule has 0 atom stereocenters. The molecule has 1 aliphatic rings. The number of para-hydroxylation sites is 1. The van der Waals surface area contributed by atoms with Crippen molar-refractivity contribution in [1.29, 1.82) is 0 Å². The summed E-state index contributed by atoms with van der Waals surface area (Å²) >= 11 is 1.39. The summed E-state index contributed by atoms with van der Waals surface area (Å²) in [6, 6.07) is 12.7. The molecule has 2 amide bonds. The van der Waals surface area contributed by atoms with Gasteiger partial charge >= 0.3 is 0 Å². The molecule has 0 saturated carbocycles. The predicted octanol–water partition coefficient (Wildman–Crippen LogP) is 3.06. The van der Waals surface area contributed by atoms with Crippen LogP contribution in [0.4, 0.5) is 5.13 Å². The van der Waals surface area contributed by atoms with Gasteiger partial charge in [0.25, 0.3) is 5.91 Å². The number of fused-ring (bicyclic) bond motifs is 2. The van der Waals surface area contributed by atoms with E-state index < -0.39 is 0 Å². The number of thiazole rings is 1. The van der Waals surface area contributed by atoms with Gasteiger partial charge in [0.15, 0.2) is 10.7 Å². The van der Waals surface area contributed by atoms with Crippen molar-refractivity contribution in [3.63, 3.8) is 0 Å². The van der Waals surface area contributed by atoms with Crippen LogP contribution in [0, 0.1) is 0 Å². The average Bonchev–Trinajstić information content (AvgIpc) is 3.37. The van der Waals surface area contributed by atoms with Crippen molar-refractivity contribution < 1.29 is 14.1 Å². The summed E-state index contributed by atoms with van der Waals surface area (Å²) in [5.74, 6) is -0.306. The van der Waals surface area contributed by atoms with Gasteiger partial charge in [-0.25, -0.2) is 4.98 Å². The van der Waals surface area contributed by atoms with Crippen LogP contribution in [0.25, 0.3) is 11.0 Å². The fourth-order valence-corrected chi connectivity index (χ4v) is 4.46. The molecule has 0 spiro atoms. The van der Waals surface area contributed by atoms with Crippen molar-refractivity contribution in [2.24, 2.45) is 0 Å². The number of anilines is 1. The van der Waals surface area contributed by atoms with Gasteiger partial charge in [-0.3, -0.25) is 19.9 Å². The van der Waals surface area contributed by atoms with Gasteiger partial charge in [-0.15, -0.1) is 0 Å². The third-order valence-corrected chi connectivity index (χ3v) is 5.97. The van der Waals surface area contributed by atoms with Gasteiger partial charge in [0.1, 0.15) is 11.4 Å². The van der Waals surface area contributed by atoms with Crippen LogP contribution in [-0.2, 0) is 24.2 Å². The highest BCUT2D eigenvalue weighted by atomic mass is 32.1. The molecule has 4 heterocycles. The van der Waals surface area contributed by atoms with Crippen LogP contribution in [0.3, 0.4) is 0 Å². The second-order valence-corrected chi connectivity index (χ2v) is 8.01. The van der Waals surface area contributed by atoms with Crippen LogP contribution < -0.4 is 5.32 Å². The lowest BCUT2D eigenvalue weighted by molar-refractivity contribution is -0.131. The molecule has 0 unspecified atom stereocenters. The maximum Gasteiger partial charge on any atom is 0.276 e. The number of carbonyl (C=O) groups excluding carboxylic acids is 2. The highest BCUT2D eigenvalue weighted by Gasteiger charge is 2.26. The van der Waals surface area contributed by atoms with Crippen molar-refractivity contribution in [3.05, 3.63) is 70.6 Å². The summed E-state index contributed by atoms with van der Waals surface area (Å²) in [5, 5.41) is 8.23. The van der Waals surface area contributed by atoms with Gasteiger partial charge in [0, 0.05) is 29.4 Å². The van der Waals surface area contributed by atoms with Crippen LogP contribution in [0.1, 0.15) is 26.8 Å². The highest BCUT2D eigenvalue weighted by Crippen LogP contribution is 2.29. The topological polar surface area (TPSA) is 101 Å². The van der Waals surface area contributed by atoms with E-state index in [1.165, 1.54) is 11.3 Å². The number of nitrogens with zero attached hydrogens (tertiary/aromatic N) is 4. The zero-order chi connectivity index (χ0) is 20.5.